The van der Waals surface area contributed by atoms with Gasteiger partial charge in [-0.3, -0.25) is 0 Å². The van der Waals surface area contributed by atoms with Gasteiger partial charge < -0.3 is 0 Å². The van der Waals surface area contributed by atoms with Crippen molar-refractivity contribution < 1.29 is 4.39 Å². The van der Waals surface area contributed by atoms with E-state index in [1.807, 2.05) is 36.4 Å². The van der Waals surface area contributed by atoms with Crippen molar-refractivity contribution in [2.24, 2.45) is 0 Å². The molecule has 0 amide bonds. The highest BCUT2D eigenvalue weighted by molar-refractivity contribution is 9.10. The van der Waals surface area contributed by atoms with Gasteiger partial charge in [0.05, 0.1) is 4.47 Å². The summed E-state index contributed by atoms with van der Waals surface area (Å²) >= 11 is 15.7. The fourth-order valence-corrected chi connectivity index (χ4v) is 3.42. The molecule has 0 aliphatic heterocycles. The van der Waals surface area contributed by atoms with Gasteiger partial charge in [-0.05, 0) is 39.5 Å². The number of hydrogen-bond acceptors (Lipinski definition) is 0. The highest BCUT2D eigenvalue weighted by atomic mass is 79.9. The molecule has 0 aromatic heterocycles. The summed E-state index contributed by atoms with van der Waals surface area (Å²) in [7, 11) is 0. The van der Waals surface area contributed by atoms with Gasteiger partial charge in [0.25, 0.3) is 0 Å². The Morgan fingerprint density at radius 3 is 2.20 bits per heavy atom. The number of hydrogen-bond donors (Lipinski definition) is 0. The van der Waals surface area contributed by atoms with Crippen molar-refractivity contribution in [3.63, 3.8) is 0 Å². The van der Waals surface area contributed by atoms with Gasteiger partial charge in [-0.2, -0.15) is 0 Å². The van der Waals surface area contributed by atoms with E-state index < -0.39 is 5.41 Å². The first-order chi connectivity index (χ1) is 9.63. The summed E-state index contributed by atoms with van der Waals surface area (Å²) in [6.07, 6.45) is 0.586. The van der Waals surface area contributed by atoms with Crippen molar-refractivity contribution in [1.29, 1.82) is 0 Å². The fourth-order valence-electron chi connectivity index (χ4n) is 2.23. The van der Waals surface area contributed by atoms with Crippen LogP contribution >= 0.6 is 39.1 Å². The van der Waals surface area contributed by atoms with Crippen molar-refractivity contribution >= 4 is 39.1 Å². The highest BCUT2D eigenvalue weighted by Gasteiger charge is 2.31. The van der Waals surface area contributed by atoms with E-state index in [0.29, 0.717) is 22.7 Å². The Morgan fingerprint density at radius 1 is 0.950 bits per heavy atom. The molecule has 0 nitrogen and oxygen atoms in total. The van der Waals surface area contributed by atoms with Gasteiger partial charge in [-0.25, -0.2) is 4.39 Å². The van der Waals surface area contributed by atoms with E-state index in [-0.39, 0.29) is 5.82 Å². The van der Waals surface area contributed by atoms with Crippen LogP contribution in [0, 0.1) is 5.82 Å². The molecule has 2 rings (SSSR count). The topological polar surface area (TPSA) is 0 Å². The molecule has 0 aliphatic rings. The Balaban J connectivity index is 2.42. The Morgan fingerprint density at radius 2 is 1.60 bits per heavy atom. The molecule has 0 spiro atoms. The van der Waals surface area contributed by atoms with Gasteiger partial charge >= 0.3 is 0 Å². The van der Waals surface area contributed by atoms with Gasteiger partial charge in [0, 0.05) is 17.2 Å². The number of halogens is 4. The van der Waals surface area contributed by atoms with Gasteiger partial charge in [-0.1, -0.05) is 42.5 Å². The molecule has 0 unspecified atom stereocenters. The van der Waals surface area contributed by atoms with Crippen molar-refractivity contribution in [2.75, 3.05) is 11.8 Å². The van der Waals surface area contributed by atoms with Gasteiger partial charge in [0.15, 0.2) is 0 Å². The molecule has 2 aromatic carbocycles. The predicted molar refractivity (Wildman–Crippen MR) is 87.4 cm³/mol. The highest BCUT2D eigenvalue weighted by Crippen LogP contribution is 2.34. The molecule has 4 heteroatoms. The van der Waals surface area contributed by atoms with Crippen LogP contribution in [0.25, 0.3) is 0 Å². The van der Waals surface area contributed by atoms with E-state index in [4.69, 9.17) is 23.2 Å². The molecule has 0 N–H and O–H groups in total. The molecule has 2 aromatic rings. The number of rotatable bonds is 5. The standard InChI is InChI=1S/C16H14BrCl2F/c17-15-12(5-4-8-14(15)20)9-16(10-18,11-19)13-6-2-1-3-7-13/h1-8H,9-11H2. The quantitative estimate of drug-likeness (QED) is 0.601. The maximum atomic E-state index is 13.7. The second kappa shape index (κ2) is 6.93. The first kappa shape index (κ1) is 15.8. The van der Waals surface area contributed by atoms with Crippen LogP contribution in [0.1, 0.15) is 11.1 Å². The molecule has 20 heavy (non-hydrogen) atoms. The lowest BCUT2D eigenvalue weighted by atomic mass is 9.79. The molecule has 0 fully saturated rings. The molecule has 0 atom stereocenters. The summed E-state index contributed by atoms with van der Waals surface area (Å²) in [5, 5.41) is 0. The Bertz CT molecular complexity index is 568. The lowest BCUT2D eigenvalue weighted by Crippen LogP contribution is -2.33. The third-order valence-corrected chi connectivity index (χ3v) is 5.37. The normalized spacial score (nSPS) is 11.6. The largest absolute Gasteiger partial charge is 0.206 e. The summed E-state index contributed by atoms with van der Waals surface area (Å²) in [6.45, 7) is 0. The van der Waals surface area contributed by atoms with Crippen molar-refractivity contribution in [3.05, 3.63) is 69.9 Å². The van der Waals surface area contributed by atoms with E-state index in [9.17, 15) is 4.39 Å². The summed E-state index contributed by atoms with van der Waals surface area (Å²) in [5.41, 5.74) is 1.54. The summed E-state index contributed by atoms with van der Waals surface area (Å²) in [6, 6.07) is 14.9. The van der Waals surface area contributed by atoms with Crippen molar-refractivity contribution in [1.82, 2.24) is 0 Å². The lowest BCUT2D eigenvalue weighted by molar-refractivity contribution is 0.530. The first-order valence-corrected chi connectivity index (χ1v) is 8.09. The fraction of sp³-hybridized carbons (Fsp3) is 0.250. The minimum Gasteiger partial charge on any atom is -0.206 e. The monoisotopic (exact) mass is 374 g/mol. The predicted octanol–water partition coefficient (Wildman–Crippen LogP) is 5.55. The van der Waals surface area contributed by atoms with Crippen LogP contribution in [-0.4, -0.2) is 11.8 Å². The molecule has 106 valence electrons. The molecule has 0 radical (unpaired) electrons. The minimum atomic E-state index is -0.402. The second-order valence-electron chi connectivity index (χ2n) is 4.80. The van der Waals surface area contributed by atoms with Crippen LogP contribution < -0.4 is 0 Å². The van der Waals surface area contributed by atoms with E-state index >= 15 is 0 Å². The molecule has 0 saturated heterocycles. The van der Waals surface area contributed by atoms with Crippen LogP contribution in [0.5, 0.6) is 0 Å². The van der Waals surface area contributed by atoms with Crippen LogP contribution in [-0.2, 0) is 11.8 Å². The van der Waals surface area contributed by atoms with Crippen molar-refractivity contribution in [2.45, 2.75) is 11.8 Å². The molecule has 0 heterocycles. The SMILES string of the molecule is Fc1cccc(CC(CCl)(CCl)c2ccccc2)c1Br. The van der Waals surface area contributed by atoms with Gasteiger partial charge in [0.2, 0.25) is 0 Å². The Hall–Kier alpha value is -0.570. The number of alkyl halides is 2. The molecule has 0 aliphatic carbocycles. The molecular formula is C16H14BrCl2F. The minimum absolute atomic E-state index is 0.270. The number of benzene rings is 2. The lowest BCUT2D eigenvalue weighted by Gasteiger charge is -2.31. The summed E-state index contributed by atoms with van der Waals surface area (Å²) < 4.78 is 14.1. The van der Waals surface area contributed by atoms with E-state index in [1.165, 1.54) is 6.07 Å². The molecule has 0 saturated carbocycles. The zero-order valence-corrected chi connectivity index (χ0v) is 13.8. The molecular weight excluding hydrogens is 362 g/mol. The smallest absolute Gasteiger partial charge is 0.137 e. The van der Waals surface area contributed by atoms with E-state index in [0.717, 1.165) is 11.1 Å². The second-order valence-corrected chi connectivity index (χ2v) is 6.13. The van der Waals surface area contributed by atoms with Crippen LogP contribution in [0.2, 0.25) is 0 Å². The van der Waals surface area contributed by atoms with Crippen LogP contribution in [0.15, 0.2) is 53.0 Å². The zero-order valence-electron chi connectivity index (χ0n) is 10.8. The summed E-state index contributed by atoms with van der Waals surface area (Å²) in [5.74, 6) is 0.487. The first-order valence-electron chi connectivity index (χ1n) is 6.23. The average molecular weight is 376 g/mol. The van der Waals surface area contributed by atoms with Crippen LogP contribution in [0.3, 0.4) is 0 Å². The van der Waals surface area contributed by atoms with Crippen LogP contribution in [0.4, 0.5) is 4.39 Å². The molecule has 0 bridgehead atoms. The van der Waals surface area contributed by atoms with Gasteiger partial charge in [0.1, 0.15) is 5.82 Å². The van der Waals surface area contributed by atoms with E-state index in [1.54, 1.807) is 6.07 Å². The third kappa shape index (κ3) is 3.19. The zero-order chi connectivity index (χ0) is 14.6. The maximum Gasteiger partial charge on any atom is 0.137 e. The Labute approximate surface area is 137 Å². The third-order valence-electron chi connectivity index (χ3n) is 3.46. The van der Waals surface area contributed by atoms with E-state index in [2.05, 4.69) is 15.9 Å². The average Bonchev–Trinajstić information content (AvgIpc) is 2.50. The summed E-state index contributed by atoms with van der Waals surface area (Å²) in [4.78, 5) is 0. The van der Waals surface area contributed by atoms with Gasteiger partial charge in [-0.15, -0.1) is 23.2 Å². The maximum absolute atomic E-state index is 13.7. The Kier molecular flexibility index (Phi) is 5.48. The van der Waals surface area contributed by atoms with Crippen molar-refractivity contribution in [3.8, 4) is 0 Å².